The first-order valence-corrected chi connectivity index (χ1v) is 22.8. The molecular formula is C50H70O19. The van der Waals surface area contributed by atoms with E-state index < -0.39 is 112 Å². The average Bonchev–Trinajstić information content (AvgIpc) is 3.74. The van der Waals surface area contributed by atoms with Crippen LogP contribution in [0.3, 0.4) is 0 Å². The second-order valence-electron chi connectivity index (χ2n) is 20.7. The molecule has 0 aromatic rings. The maximum absolute atomic E-state index is 12.5. The number of allylic oxidation sites excluding steroid dienone is 4. The van der Waals surface area contributed by atoms with E-state index in [9.17, 15) is 64.2 Å². The van der Waals surface area contributed by atoms with Crippen LogP contribution in [0, 0.1) is 17.8 Å². The van der Waals surface area contributed by atoms with Crippen LogP contribution in [0.5, 0.6) is 0 Å². The molecular weight excluding hydrogens is 905 g/mol. The predicted octanol–water partition coefficient (Wildman–Crippen LogP) is 3.14. The van der Waals surface area contributed by atoms with Crippen LogP contribution in [0.4, 0.5) is 0 Å². The third-order valence-corrected chi connectivity index (χ3v) is 14.2. The zero-order chi connectivity index (χ0) is 52.9. The predicted molar refractivity (Wildman–Crippen MR) is 243 cm³/mol. The van der Waals surface area contributed by atoms with Crippen LogP contribution in [0.2, 0.25) is 0 Å². The molecule has 0 aromatic carbocycles. The van der Waals surface area contributed by atoms with Gasteiger partial charge in [0.1, 0.15) is 17.3 Å². The van der Waals surface area contributed by atoms with Crippen molar-refractivity contribution in [1.82, 2.24) is 0 Å². The highest BCUT2D eigenvalue weighted by atomic mass is 16.6. The summed E-state index contributed by atoms with van der Waals surface area (Å²) in [4.78, 5) is 82.6. The van der Waals surface area contributed by atoms with E-state index in [2.05, 4.69) is 4.74 Å². The number of hydrogen-bond donors (Lipinski definition) is 6. The van der Waals surface area contributed by atoms with E-state index >= 15 is 0 Å². The van der Waals surface area contributed by atoms with Gasteiger partial charge in [-0.2, -0.15) is 0 Å². The van der Waals surface area contributed by atoms with Crippen molar-refractivity contribution in [2.45, 2.75) is 194 Å². The lowest BCUT2D eigenvalue weighted by Gasteiger charge is -2.40. The minimum absolute atomic E-state index is 0.111. The summed E-state index contributed by atoms with van der Waals surface area (Å²) in [6.45, 7) is 24.0. The van der Waals surface area contributed by atoms with E-state index in [4.69, 9.17) is 23.7 Å². The molecule has 2 saturated carbocycles. The molecule has 0 radical (unpaired) electrons. The van der Waals surface area contributed by atoms with Gasteiger partial charge < -0.3 is 59.1 Å². The summed E-state index contributed by atoms with van der Waals surface area (Å²) < 4.78 is 32.0. The van der Waals surface area contributed by atoms with Crippen LogP contribution in [0.1, 0.15) is 130 Å². The van der Waals surface area contributed by atoms with E-state index in [0.717, 1.165) is 30.6 Å². The third-order valence-electron chi connectivity index (χ3n) is 14.2. The van der Waals surface area contributed by atoms with E-state index in [1.807, 2.05) is 13.8 Å². The van der Waals surface area contributed by atoms with Crippen LogP contribution in [-0.4, -0.2) is 137 Å². The van der Waals surface area contributed by atoms with Gasteiger partial charge in [0.2, 0.25) is 0 Å². The summed E-state index contributed by atoms with van der Waals surface area (Å²) in [5.41, 5.74) is -7.01. The number of aliphatic hydroxyl groups excluding tert-OH is 2. The molecule has 2 heterocycles. The molecule has 6 N–H and O–H groups in total. The number of carbonyl (C=O) groups excluding carboxylic acids is 7. The number of hydrogen-bond acceptors (Lipinski definition) is 19. The van der Waals surface area contributed by atoms with E-state index in [1.54, 1.807) is 62.3 Å². The van der Waals surface area contributed by atoms with Gasteiger partial charge in [-0.15, -0.1) is 0 Å². The Bertz CT molecular complexity index is 2260. The van der Waals surface area contributed by atoms with Gasteiger partial charge in [0.05, 0.1) is 12.2 Å². The molecule has 0 aromatic heterocycles. The fourth-order valence-corrected chi connectivity index (χ4v) is 10.6. The van der Waals surface area contributed by atoms with Crippen molar-refractivity contribution in [3.8, 4) is 0 Å². The van der Waals surface area contributed by atoms with E-state index in [-0.39, 0.29) is 31.1 Å². The van der Waals surface area contributed by atoms with Gasteiger partial charge >= 0.3 is 41.8 Å². The Morgan fingerprint density at radius 3 is 1.43 bits per heavy atom. The Balaban J connectivity index is 0.000000244. The number of fused-ring (bicyclic) bond motifs is 6. The normalized spacial score (nSPS) is 38.2. The Kier molecular flexibility index (Phi) is 16.4. The molecule has 2 aliphatic heterocycles. The van der Waals surface area contributed by atoms with Gasteiger partial charge in [-0.05, 0) is 119 Å². The maximum atomic E-state index is 12.5. The molecule has 0 bridgehead atoms. The van der Waals surface area contributed by atoms with Crippen molar-refractivity contribution in [2.75, 3.05) is 0 Å². The standard InChI is InChI=1S/C22H30O9.C18H26O7.C10H14O3/c1-10(2)7-16(25)29-15-9-20(5,31-12(4)23)13-8-14(24)11(3)17(13)18-22(15,28)21(6,27)19(26)30-18;1-8-6-11-13(9(8)2)14-18(23,17(5,22)15(21)24-14)12(20)7-16(11,4)25-10(3)19;1-7(2)5-9(11)13-10(12)6-8(3)4/h7,13-15,18,24,27-28H,8-9H2,1-6H3;8,11-12,14,20,22-23H,6-7H2,1-5H3;5-6H,1-4H3/t13-,14+,15-,18-,20-,21+,22+;8-,11+,12+,14+,16+,17-,18-;/m01./s1. The van der Waals surface area contributed by atoms with Crippen molar-refractivity contribution in [1.29, 1.82) is 0 Å². The van der Waals surface area contributed by atoms with Crippen LogP contribution in [0.15, 0.2) is 57.2 Å². The minimum Gasteiger partial charge on any atom is -0.459 e. The zero-order valence-corrected chi connectivity index (χ0v) is 42.2. The molecule has 384 valence electrons. The van der Waals surface area contributed by atoms with E-state index in [0.29, 0.717) is 28.7 Å². The highest BCUT2D eigenvalue weighted by molar-refractivity contribution is 5.97. The first kappa shape index (κ1) is 56.5. The summed E-state index contributed by atoms with van der Waals surface area (Å²) in [6, 6.07) is 0. The highest BCUT2D eigenvalue weighted by Crippen LogP contribution is 2.58. The van der Waals surface area contributed by atoms with Gasteiger partial charge in [0.25, 0.3) is 0 Å². The molecule has 19 heteroatoms. The molecule has 0 unspecified atom stereocenters. The molecule has 6 rings (SSSR count). The van der Waals surface area contributed by atoms with Gasteiger partial charge in [0.15, 0.2) is 34.6 Å². The van der Waals surface area contributed by atoms with Crippen LogP contribution in [-0.2, 0) is 62.0 Å². The Morgan fingerprint density at radius 1 is 0.594 bits per heavy atom. The summed E-state index contributed by atoms with van der Waals surface area (Å²) in [5.74, 6) is -5.96. The van der Waals surface area contributed by atoms with Crippen molar-refractivity contribution < 1.29 is 92.6 Å². The van der Waals surface area contributed by atoms with Crippen molar-refractivity contribution >= 4 is 41.8 Å². The van der Waals surface area contributed by atoms with Crippen molar-refractivity contribution in [3.63, 3.8) is 0 Å². The quantitative estimate of drug-likeness (QED) is 0.0732. The number of rotatable bonds is 6. The lowest BCUT2D eigenvalue weighted by Crippen LogP contribution is -2.64. The Labute approximate surface area is 402 Å². The smallest absolute Gasteiger partial charge is 0.341 e. The topological polar surface area (TPSA) is 296 Å². The number of ether oxygens (including phenoxy) is 6. The summed E-state index contributed by atoms with van der Waals surface area (Å²) in [7, 11) is 0. The van der Waals surface area contributed by atoms with Gasteiger partial charge in [0, 0.05) is 56.8 Å². The fourth-order valence-electron chi connectivity index (χ4n) is 10.6. The monoisotopic (exact) mass is 974 g/mol. The lowest BCUT2D eigenvalue weighted by molar-refractivity contribution is -0.207. The van der Waals surface area contributed by atoms with Gasteiger partial charge in [-0.1, -0.05) is 29.2 Å². The SMILES string of the molecule is CC(=O)O[C@@]1(C)C[C@H](O)[C@@]2(O)[C@@H](OC(=O)[C@@]2(C)O)C2=C(C)[C@H](C)C[C@@H]21.CC(=O)O[C@@]1(C)C[C@H](OC(=O)C=C(C)C)[C@@]2(O)[C@@H](OC(=O)[C@@]2(C)O)C2=C(C)[C@H](O)C[C@@H]21.CC(C)=CC(=O)OC(=O)C=C(C)C. The fraction of sp³-hybridized carbons (Fsp3) is 0.660. The molecule has 6 aliphatic rings. The van der Waals surface area contributed by atoms with Crippen LogP contribution in [0.25, 0.3) is 0 Å². The second-order valence-corrected chi connectivity index (χ2v) is 20.7. The van der Waals surface area contributed by atoms with E-state index in [1.165, 1.54) is 32.1 Å². The van der Waals surface area contributed by atoms with Crippen molar-refractivity contribution in [2.24, 2.45) is 17.8 Å². The largest absolute Gasteiger partial charge is 0.459 e. The molecule has 0 amide bonds. The minimum atomic E-state index is -2.42. The summed E-state index contributed by atoms with van der Waals surface area (Å²) in [5, 5.41) is 66.0. The molecule has 0 spiro atoms. The molecule has 69 heavy (non-hydrogen) atoms. The first-order chi connectivity index (χ1) is 31.4. The second kappa shape index (κ2) is 20.0. The first-order valence-electron chi connectivity index (χ1n) is 22.8. The summed E-state index contributed by atoms with van der Waals surface area (Å²) >= 11 is 0. The maximum Gasteiger partial charge on any atom is 0.341 e. The Hall–Kier alpha value is -5.05. The third kappa shape index (κ3) is 10.5. The number of carbonyl (C=O) groups is 7. The van der Waals surface area contributed by atoms with Gasteiger partial charge in [-0.25, -0.2) is 24.0 Å². The number of aliphatic hydroxyl groups is 6. The molecule has 2 saturated heterocycles. The van der Waals surface area contributed by atoms with Crippen LogP contribution >= 0.6 is 0 Å². The zero-order valence-electron chi connectivity index (χ0n) is 42.2. The number of esters is 7. The summed E-state index contributed by atoms with van der Waals surface area (Å²) in [6.07, 6.45) is -2.19. The Morgan fingerprint density at radius 2 is 0.986 bits per heavy atom. The molecule has 4 fully saturated rings. The average molecular weight is 975 g/mol. The lowest BCUT2D eigenvalue weighted by atomic mass is 9.75. The highest BCUT2D eigenvalue weighted by Gasteiger charge is 2.75. The molecule has 19 nitrogen and oxygen atoms in total. The molecule has 14 atom stereocenters. The van der Waals surface area contributed by atoms with Crippen LogP contribution < -0.4 is 0 Å². The van der Waals surface area contributed by atoms with Gasteiger partial charge in [-0.3, -0.25) is 9.59 Å². The molecule has 4 aliphatic carbocycles. The van der Waals surface area contributed by atoms with Crippen molar-refractivity contribution in [3.05, 3.63) is 57.2 Å².